The van der Waals surface area contributed by atoms with E-state index in [-0.39, 0.29) is 29.1 Å². The molecular formula is C28H33O4S+. The van der Waals surface area contributed by atoms with Gasteiger partial charge in [0.25, 0.3) is 0 Å². The van der Waals surface area contributed by atoms with Gasteiger partial charge in [-0.15, -0.1) is 0 Å². The molecule has 0 bridgehead atoms. The first-order valence-electron chi connectivity index (χ1n) is 11.4. The molecule has 3 rings (SSSR count). The lowest BCUT2D eigenvalue weighted by Crippen LogP contribution is -2.24. The minimum absolute atomic E-state index is 0.107. The highest BCUT2D eigenvalue weighted by Gasteiger charge is 2.28. The van der Waals surface area contributed by atoms with E-state index >= 15 is 0 Å². The lowest BCUT2D eigenvalue weighted by molar-refractivity contribution is -0.146. The van der Waals surface area contributed by atoms with E-state index in [9.17, 15) is 4.79 Å². The molecular weight excluding hydrogens is 432 g/mol. The molecule has 3 aromatic rings. The topological polar surface area (TPSA) is 44.8 Å². The molecule has 0 spiro atoms. The van der Waals surface area contributed by atoms with Gasteiger partial charge in [0.05, 0.1) is 29.7 Å². The minimum Gasteiger partial charge on any atom is -0.482 e. The highest BCUT2D eigenvalue weighted by Crippen LogP contribution is 2.31. The normalized spacial score (nSPS) is 11.4. The van der Waals surface area contributed by atoms with Crippen molar-refractivity contribution in [3.8, 4) is 5.75 Å². The van der Waals surface area contributed by atoms with Crippen LogP contribution in [0.15, 0.2) is 99.6 Å². The van der Waals surface area contributed by atoms with E-state index in [2.05, 4.69) is 81.4 Å². The van der Waals surface area contributed by atoms with Crippen LogP contribution >= 0.6 is 0 Å². The van der Waals surface area contributed by atoms with E-state index in [0.29, 0.717) is 25.4 Å². The van der Waals surface area contributed by atoms with Gasteiger partial charge in [-0.1, -0.05) is 43.3 Å². The molecule has 0 saturated carbocycles. The molecule has 0 heterocycles. The Balaban J connectivity index is 1.52. The number of esters is 1. The summed E-state index contributed by atoms with van der Waals surface area (Å²) in [6, 6.07) is 28.9. The average Bonchev–Trinajstić information content (AvgIpc) is 2.85. The van der Waals surface area contributed by atoms with Gasteiger partial charge < -0.3 is 14.2 Å². The van der Waals surface area contributed by atoms with Gasteiger partial charge in [0, 0.05) is 6.42 Å². The molecule has 0 aliphatic carbocycles. The van der Waals surface area contributed by atoms with E-state index in [1.807, 2.05) is 24.3 Å². The van der Waals surface area contributed by atoms with Crippen LogP contribution in [0.3, 0.4) is 0 Å². The molecule has 0 saturated heterocycles. The monoisotopic (exact) mass is 465 g/mol. The van der Waals surface area contributed by atoms with Crippen molar-refractivity contribution in [2.75, 3.05) is 19.8 Å². The molecule has 0 amide bonds. The SMILES string of the molecule is CCC(C)(C)OCCCOC(=O)COc1ccc([S+](c2ccccc2)c2ccccc2)cc1. The Labute approximate surface area is 200 Å². The van der Waals surface area contributed by atoms with E-state index in [4.69, 9.17) is 14.2 Å². The molecule has 0 aliphatic rings. The van der Waals surface area contributed by atoms with Gasteiger partial charge >= 0.3 is 5.97 Å². The van der Waals surface area contributed by atoms with Crippen molar-refractivity contribution < 1.29 is 19.0 Å². The van der Waals surface area contributed by atoms with E-state index in [1.54, 1.807) is 0 Å². The number of hydrogen-bond donors (Lipinski definition) is 0. The summed E-state index contributed by atoms with van der Waals surface area (Å²) in [6.07, 6.45) is 1.61. The fourth-order valence-corrected chi connectivity index (χ4v) is 5.16. The first kappa shape index (κ1) is 24.9. The van der Waals surface area contributed by atoms with E-state index in [1.165, 1.54) is 14.7 Å². The maximum absolute atomic E-state index is 12.0. The Bertz CT molecular complexity index is 932. The summed E-state index contributed by atoms with van der Waals surface area (Å²) in [5.41, 5.74) is -0.139. The van der Waals surface area contributed by atoms with Crippen molar-refractivity contribution in [2.24, 2.45) is 0 Å². The van der Waals surface area contributed by atoms with Gasteiger partial charge in [0.2, 0.25) is 0 Å². The van der Waals surface area contributed by atoms with Crippen molar-refractivity contribution in [2.45, 2.75) is 53.9 Å². The first-order valence-corrected chi connectivity index (χ1v) is 12.6. The molecule has 3 aromatic carbocycles. The summed E-state index contributed by atoms with van der Waals surface area (Å²) < 4.78 is 16.6. The van der Waals surface area contributed by atoms with E-state index in [0.717, 1.165) is 6.42 Å². The Hall–Kier alpha value is -2.76. The number of carbonyl (C=O) groups is 1. The largest absolute Gasteiger partial charge is 0.482 e. The van der Waals surface area contributed by atoms with Crippen molar-refractivity contribution in [1.29, 1.82) is 0 Å². The van der Waals surface area contributed by atoms with Crippen LogP contribution in [0.2, 0.25) is 0 Å². The first-order chi connectivity index (χ1) is 16.0. The van der Waals surface area contributed by atoms with Gasteiger partial charge in [-0.25, -0.2) is 4.79 Å². The van der Waals surface area contributed by atoms with Gasteiger partial charge in [-0.2, -0.15) is 0 Å². The highest BCUT2D eigenvalue weighted by atomic mass is 32.2. The highest BCUT2D eigenvalue weighted by molar-refractivity contribution is 7.97. The molecule has 5 heteroatoms. The molecule has 4 nitrogen and oxygen atoms in total. The van der Waals surface area contributed by atoms with Gasteiger partial charge in [0.1, 0.15) is 5.75 Å². The Morgan fingerprint density at radius 1 is 0.788 bits per heavy atom. The van der Waals surface area contributed by atoms with Crippen molar-refractivity contribution >= 4 is 16.9 Å². The molecule has 174 valence electrons. The van der Waals surface area contributed by atoms with Crippen molar-refractivity contribution in [3.63, 3.8) is 0 Å². The third kappa shape index (κ3) is 7.95. The quantitative estimate of drug-likeness (QED) is 0.179. The maximum Gasteiger partial charge on any atom is 0.344 e. The molecule has 0 aliphatic heterocycles. The second-order valence-electron chi connectivity index (χ2n) is 8.23. The second-order valence-corrected chi connectivity index (χ2v) is 10.3. The molecule has 0 radical (unpaired) electrons. The Morgan fingerprint density at radius 3 is 1.88 bits per heavy atom. The maximum atomic E-state index is 12.0. The van der Waals surface area contributed by atoms with Crippen LogP contribution in [-0.4, -0.2) is 31.4 Å². The van der Waals surface area contributed by atoms with Gasteiger partial charge in [0.15, 0.2) is 21.3 Å². The lowest BCUT2D eigenvalue weighted by atomic mass is 10.1. The smallest absolute Gasteiger partial charge is 0.344 e. The number of ether oxygens (including phenoxy) is 3. The summed E-state index contributed by atoms with van der Waals surface area (Å²) in [4.78, 5) is 15.7. The molecule has 0 N–H and O–H groups in total. The second kappa shape index (κ2) is 12.5. The molecule has 0 fully saturated rings. The fourth-order valence-electron chi connectivity index (χ4n) is 3.07. The van der Waals surface area contributed by atoms with Crippen molar-refractivity contribution in [1.82, 2.24) is 0 Å². The molecule has 0 atom stereocenters. The summed E-state index contributed by atoms with van der Waals surface area (Å²) in [6.45, 7) is 7.00. The summed E-state index contributed by atoms with van der Waals surface area (Å²) in [7, 11) is -0.208. The van der Waals surface area contributed by atoms with Crippen LogP contribution in [0.1, 0.15) is 33.6 Å². The molecule has 0 aromatic heterocycles. The summed E-state index contributed by atoms with van der Waals surface area (Å²) in [5.74, 6) is 0.274. The zero-order valence-corrected chi connectivity index (χ0v) is 20.5. The predicted molar refractivity (Wildman–Crippen MR) is 133 cm³/mol. The number of benzene rings is 3. The fraction of sp³-hybridized carbons (Fsp3) is 0.321. The van der Waals surface area contributed by atoms with Crippen LogP contribution in [0.25, 0.3) is 0 Å². The average molecular weight is 466 g/mol. The van der Waals surface area contributed by atoms with Gasteiger partial charge in [-0.05, 0) is 68.8 Å². The summed E-state index contributed by atoms with van der Waals surface area (Å²) in [5, 5.41) is 0. The molecule has 33 heavy (non-hydrogen) atoms. The van der Waals surface area contributed by atoms with E-state index < -0.39 is 0 Å². The summed E-state index contributed by atoms with van der Waals surface area (Å²) >= 11 is 0. The van der Waals surface area contributed by atoms with Crippen LogP contribution in [-0.2, 0) is 25.2 Å². The number of carbonyl (C=O) groups excluding carboxylic acids is 1. The Kier molecular flexibility index (Phi) is 9.40. The van der Waals surface area contributed by atoms with Gasteiger partial charge in [-0.3, -0.25) is 0 Å². The van der Waals surface area contributed by atoms with Crippen molar-refractivity contribution in [3.05, 3.63) is 84.9 Å². The number of hydrogen-bond acceptors (Lipinski definition) is 4. The van der Waals surface area contributed by atoms with Crippen LogP contribution < -0.4 is 4.74 Å². The van der Waals surface area contributed by atoms with Crippen LogP contribution in [0, 0.1) is 0 Å². The number of rotatable bonds is 12. The minimum atomic E-state index is -0.373. The van der Waals surface area contributed by atoms with Crippen LogP contribution in [0.4, 0.5) is 0 Å². The lowest BCUT2D eigenvalue weighted by Gasteiger charge is -2.23. The zero-order valence-electron chi connectivity index (χ0n) is 19.7. The van der Waals surface area contributed by atoms with Crippen LogP contribution in [0.5, 0.6) is 5.75 Å². The standard InChI is InChI=1S/C28H33O4S/c1-4-28(2,3)32-21-11-20-30-27(29)22-31-23-16-18-26(19-17-23)33(24-12-7-5-8-13-24)25-14-9-6-10-15-25/h5-10,12-19H,4,11,20-22H2,1-3H3/q+1. The predicted octanol–water partition coefficient (Wildman–Crippen LogP) is 6.30. The third-order valence-electron chi connectivity index (χ3n) is 5.27. The Morgan fingerprint density at radius 2 is 1.33 bits per heavy atom. The molecule has 0 unspecified atom stereocenters. The zero-order chi connectivity index (χ0) is 23.5. The third-order valence-corrected chi connectivity index (χ3v) is 7.50.